The topological polar surface area (TPSA) is 151 Å². The SMILES string of the molecule is NC1=NC(=O)/C(=C/c2ccc(Oc3ccc([N+](=O)[O-])cc3[N+](=O)[O-])cc2)S1. The van der Waals surface area contributed by atoms with E-state index in [2.05, 4.69) is 4.99 Å². The molecular formula is C16H10N4O6S. The zero-order valence-corrected chi connectivity index (χ0v) is 14.2. The number of thioether (sulfide) groups is 1. The Balaban J connectivity index is 1.81. The summed E-state index contributed by atoms with van der Waals surface area (Å²) >= 11 is 1.06. The minimum atomic E-state index is -0.756. The van der Waals surface area contributed by atoms with Gasteiger partial charge in [-0.3, -0.25) is 25.0 Å². The Kier molecular flexibility index (Phi) is 4.86. The van der Waals surface area contributed by atoms with Gasteiger partial charge >= 0.3 is 5.69 Å². The second-order valence-corrected chi connectivity index (χ2v) is 6.27. The van der Waals surface area contributed by atoms with Gasteiger partial charge in [-0.05, 0) is 41.6 Å². The Morgan fingerprint density at radius 1 is 1.07 bits per heavy atom. The van der Waals surface area contributed by atoms with Crippen LogP contribution in [0.3, 0.4) is 0 Å². The number of rotatable bonds is 5. The predicted molar refractivity (Wildman–Crippen MR) is 98.5 cm³/mol. The van der Waals surface area contributed by atoms with Gasteiger partial charge in [0.05, 0.1) is 20.8 Å². The van der Waals surface area contributed by atoms with Crippen molar-refractivity contribution < 1.29 is 19.4 Å². The lowest BCUT2D eigenvalue weighted by Crippen LogP contribution is -2.01. The molecule has 0 bridgehead atoms. The zero-order chi connectivity index (χ0) is 19.6. The number of non-ortho nitro benzene ring substituents is 1. The van der Waals surface area contributed by atoms with Crippen LogP contribution in [0, 0.1) is 20.2 Å². The van der Waals surface area contributed by atoms with E-state index in [4.69, 9.17) is 10.5 Å². The molecule has 0 spiro atoms. The van der Waals surface area contributed by atoms with Crippen LogP contribution in [0.25, 0.3) is 6.08 Å². The normalized spacial score (nSPS) is 14.9. The molecule has 1 aliphatic heterocycles. The van der Waals surface area contributed by atoms with Crippen LogP contribution in [-0.4, -0.2) is 20.9 Å². The summed E-state index contributed by atoms with van der Waals surface area (Å²) in [5.74, 6) is -0.256. The van der Waals surface area contributed by atoms with Crippen molar-refractivity contribution in [3.63, 3.8) is 0 Å². The van der Waals surface area contributed by atoms with Crippen LogP contribution in [0.2, 0.25) is 0 Å². The number of nitrogens with two attached hydrogens (primary N) is 1. The van der Waals surface area contributed by atoms with E-state index in [0.717, 1.165) is 23.9 Å². The van der Waals surface area contributed by atoms with Gasteiger partial charge in [0, 0.05) is 6.07 Å². The molecule has 1 aliphatic rings. The molecular weight excluding hydrogens is 376 g/mol. The van der Waals surface area contributed by atoms with Gasteiger partial charge in [-0.25, -0.2) is 0 Å². The molecule has 0 unspecified atom stereocenters. The maximum atomic E-state index is 11.6. The van der Waals surface area contributed by atoms with E-state index in [9.17, 15) is 25.0 Å². The molecule has 0 aromatic heterocycles. The number of nitro groups is 2. The highest BCUT2D eigenvalue weighted by molar-refractivity contribution is 8.18. The smallest absolute Gasteiger partial charge is 0.318 e. The summed E-state index contributed by atoms with van der Waals surface area (Å²) in [4.78, 5) is 36.0. The first-order valence-corrected chi connectivity index (χ1v) is 8.14. The third-order valence-corrected chi connectivity index (χ3v) is 4.21. The van der Waals surface area contributed by atoms with Gasteiger partial charge in [0.15, 0.2) is 5.17 Å². The molecule has 1 amide bonds. The van der Waals surface area contributed by atoms with Crippen molar-refractivity contribution in [2.75, 3.05) is 0 Å². The number of aliphatic imine (C=N–C) groups is 1. The molecule has 11 heteroatoms. The first kappa shape index (κ1) is 18.1. The fourth-order valence-corrected chi connectivity index (χ4v) is 2.87. The fraction of sp³-hybridized carbons (Fsp3) is 0. The summed E-state index contributed by atoms with van der Waals surface area (Å²) in [6.07, 6.45) is 1.61. The Hall–Kier alpha value is -3.73. The summed E-state index contributed by atoms with van der Waals surface area (Å²) < 4.78 is 5.47. The molecule has 0 aliphatic carbocycles. The quantitative estimate of drug-likeness (QED) is 0.467. The molecule has 0 saturated heterocycles. The highest BCUT2D eigenvalue weighted by Crippen LogP contribution is 2.34. The number of ether oxygens (including phenoxy) is 1. The number of hydrogen-bond acceptors (Lipinski definition) is 8. The molecule has 2 aromatic rings. The van der Waals surface area contributed by atoms with Crippen LogP contribution in [0.1, 0.15) is 5.56 Å². The summed E-state index contributed by atoms with van der Waals surface area (Å²) in [5, 5.41) is 22.1. The van der Waals surface area contributed by atoms with Crippen molar-refractivity contribution in [1.82, 2.24) is 0 Å². The molecule has 0 radical (unpaired) electrons. The molecule has 0 atom stereocenters. The van der Waals surface area contributed by atoms with E-state index in [1.165, 1.54) is 6.07 Å². The summed E-state index contributed by atoms with van der Waals surface area (Å²) in [6, 6.07) is 9.50. The van der Waals surface area contributed by atoms with E-state index >= 15 is 0 Å². The Labute approximate surface area is 155 Å². The minimum absolute atomic E-state index is 0.126. The molecule has 27 heavy (non-hydrogen) atoms. The molecule has 0 saturated carbocycles. The van der Waals surface area contributed by atoms with E-state index in [1.807, 2.05) is 0 Å². The number of hydrogen-bond donors (Lipinski definition) is 1. The molecule has 2 N–H and O–H groups in total. The average molecular weight is 386 g/mol. The zero-order valence-electron chi connectivity index (χ0n) is 13.4. The Morgan fingerprint density at radius 2 is 1.78 bits per heavy atom. The molecule has 3 rings (SSSR count). The lowest BCUT2D eigenvalue weighted by Gasteiger charge is -2.06. The average Bonchev–Trinajstić information content (AvgIpc) is 2.93. The van der Waals surface area contributed by atoms with E-state index in [1.54, 1.807) is 30.3 Å². The number of nitrogens with zero attached hydrogens (tertiary/aromatic N) is 3. The highest BCUT2D eigenvalue weighted by atomic mass is 32.2. The predicted octanol–water partition coefficient (Wildman–Crippen LogP) is 3.22. The van der Waals surface area contributed by atoms with Gasteiger partial charge < -0.3 is 10.5 Å². The molecule has 136 valence electrons. The Bertz CT molecular complexity index is 1020. The van der Waals surface area contributed by atoms with Crippen molar-refractivity contribution >= 4 is 40.3 Å². The van der Waals surface area contributed by atoms with Gasteiger partial charge in [-0.15, -0.1) is 0 Å². The third kappa shape index (κ3) is 4.10. The van der Waals surface area contributed by atoms with Gasteiger partial charge in [0.25, 0.3) is 11.6 Å². The second kappa shape index (κ2) is 7.25. The largest absolute Gasteiger partial charge is 0.450 e. The number of benzene rings is 2. The van der Waals surface area contributed by atoms with Crippen LogP contribution in [-0.2, 0) is 4.79 Å². The van der Waals surface area contributed by atoms with Crippen LogP contribution >= 0.6 is 11.8 Å². The molecule has 2 aromatic carbocycles. The van der Waals surface area contributed by atoms with Crippen LogP contribution in [0.5, 0.6) is 11.5 Å². The maximum Gasteiger partial charge on any atom is 0.318 e. The Morgan fingerprint density at radius 3 is 2.33 bits per heavy atom. The van der Waals surface area contributed by atoms with Crippen molar-refractivity contribution in [3.05, 3.63) is 73.2 Å². The molecule has 0 fully saturated rings. The van der Waals surface area contributed by atoms with Crippen LogP contribution in [0.15, 0.2) is 52.4 Å². The lowest BCUT2D eigenvalue weighted by molar-refractivity contribution is -0.394. The van der Waals surface area contributed by atoms with E-state index < -0.39 is 27.1 Å². The van der Waals surface area contributed by atoms with Crippen molar-refractivity contribution in [3.8, 4) is 11.5 Å². The van der Waals surface area contributed by atoms with Gasteiger partial charge in [-0.2, -0.15) is 4.99 Å². The number of amides is 1. The molecule has 10 nitrogen and oxygen atoms in total. The first-order chi connectivity index (χ1) is 12.8. The lowest BCUT2D eigenvalue weighted by atomic mass is 10.2. The highest BCUT2D eigenvalue weighted by Gasteiger charge is 2.21. The number of nitro benzene ring substituents is 2. The second-order valence-electron chi connectivity index (χ2n) is 5.20. The fourth-order valence-electron chi connectivity index (χ4n) is 2.18. The monoisotopic (exact) mass is 386 g/mol. The number of carbonyl (C=O) groups is 1. The summed E-state index contributed by atoms with van der Waals surface area (Å²) in [7, 11) is 0. The minimum Gasteiger partial charge on any atom is -0.450 e. The van der Waals surface area contributed by atoms with Gasteiger partial charge in [0.2, 0.25) is 5.75 Å². The first-order valence-electron chi connectivity index (χ1n) is 7.32. The standard InChI is InChI=1S/C16H10N4O6S/c17-16-18-15(21)14(27-16)7-9-1-4-11(5-2-9)26-13-6-3-10(19(22)23)8-12(13)20(24)25/h1-8H,(H2,17,18,21)/b14-7-. The maximum absolute atomic E-state index is 11.6. The van der Waals surface area contributed by atoms with Gasteiger partial charge in [0.1, 0.15) is 5.75 Å². The summed E-state index contributed by atoms with van der Waals surface area (Å²) in [6.45, 7) is 0. The van der Waals surface area contributed by atoms with Crippen LogP contribution < -0.4 is 10.5 Å². The van der Waals surface area contributed by atoms with Crippen molar-refractivity contribution in [1.29, 1.82) is 0 Å². The third-order valence-electron chi connectivity index (χ3n) is 3.39. The van der Waals surface area contributed by atoms with Crippen molar-refractivity contribution in [2.24, 2.45) is 10.7 Å². The number of carbonyl (C=O) groups excluding carboxylic acids is 1. The van der Waals surface area contributed by atoms with Crippen molar-refractivity contribution in [2.45, 2.75) is 0 Å². The number of amidine groups is 1. The van der Waals surface area contributed by atoms with Crippen LogP contribution in [0.4, 0.5) is 11.4 Å². The van der Waals surface area contributed by atoms with E-state index in [-0.39, 0.29) is 16.7 Å². The summed E-state index contributed by atoms with van der Waals surface area (Å²) in [5.41, 5.74) is 5.24. The van der Waals surface area contributed by atoms with E-state index in [0.29, 0.717) is 10.5 Å². The molecule has 1 heterocycles. The van der Waals surface area contributed by atoms with Gasteiger partial charge in [-0.1, -0.05) is 12.1 Å².